The van der Waals surface area contributed by atoms with E-state index in [0.29, 0.717) is 0 Å². The van der Waals surface area contributed by atoms with Crippen LogP contribution in [0.3, 0.4) is 0 Å². The van der Waals surface area contributed by atoms with Crippen molar-refractivity contribution in [1.29, 1.82) is 0 Å². The zero-order valence-electron chi connectivity index (χ0n) is 4.54. The van der Waals surface area contributed by atoms with Crippen LogP contribution in [0, 0.1) is 0 Å². The van der Waals surface area contributed by atoms with Crippen LogP contribution in [0.2, 0.25) is 0 Å². The monoisotopic (exact) mass is 96.1 g/mol. The van der Waals surface area contributed by atoms with E-state index in [4.69, 9.17) is 0 Å². The van der Waals surface area contributed by atoms with Crippen LogP contribution in [-0.2, 0) is 0 Å². The Morgan fingerprint density at radius 1 is 0.667 bits per heavy atom. The van der Waals surface area contributed by atoms with E-state index in [0.717, 1.165) is 0 Å². The molecule has 0 aromatic rings. The molecule has 6 heavy (non-hydrogen) atoms. The molecule has 0 bridgehead atoms. The van der Waals surface area contributed by atoms with Gasteiger partial charge in [0.25, 0.3) is 0 Å². The summed E-state index contributed by atoms with van der Waals surface area (Å²) in [7, 11) is 0. The average molecular weight is 96.1 g/mol. The SMILES string of the molecule is C=C.C=C.N.[Na+]. The standard InChI is InChI=1S/2C2H4.H3N.Na/c2*1-2;;/h2*1-2H2;1H3;/q;;;+1. The summed E-state index contributed by atoms with van der Waals surface area (Å²) in [6.07, 6.45) is 0. The molecule has 3 N–H and O–H groups in total. The molecule has 0 aliphatic carbocycles. The van der Waals surface area contributed by atoms with Crippen molar-refractivity contribution in [1.82, 2.24) is 6.15 Å². The second-order valence-corrected chi connectivity index (χ2v) is 0. The zero-order chi connectivity index (χ0) is 4.00. The Morgan fingerprint density at radius 2 is 0.667 bits per heavy atom. The molecule has 0 saturated heterocycles. The van der Waals surface area contributed by atoms with E-state index in [1.165, 1.54) is 0 Å². The molecule has 0 spiro atoms. The van der Waals surface area contributed by atoms with Gasteiger partial charge in [-0.2, -0.15) is 0 Å². The third-order valence-electron chi connectivity index (χ3n) is 0. The van der Waals surface area contributed by atoms with Crippen molar-refractivity contribution < 1.29 is 29.6 Å². The minimum Gasteiger partial charge on any atom is -0.344 e. The van der Waals surface area contributed by atoms with E-state index >= 15 is 0 Å². The third kappa shape index (κ3) is 271. The minimum atomic E-state index is 0. The molecule has 0 amide bonds. The van der Waals surface area contributed by atoms with Crippen molar-refractivity contribution in [3.63, 3.8) is 0 Å². The van der Waals surface area contributed by atoms with Crippen molar-refractivity contribution in [2.45, 2.75) is 0 Å². The van der Waals surface area contributed by atoms with Crippen LogP contribution in [0.5, 0.6) is 0 Å². The fourth-order valence-electron chi connectivity index (χ4n) is 0. The van der Waals surface area contributed by atoms with Crippen LogP contribution in [0.1, 0.15) is 0 Å². The van der Waals surface area contributed by atoms with Gasteiger partial charge in [-0.1, -0.05) is 0 Å². The van der Waals surface area contributed by atoms with Crippen LogP contribution in [0.25, 0.3) is 0 Å². The van der Waals surface area contributed by atoms with Gasteiger partial charge < -0.3 is 6.15 Å². The van der Waals surface area contributed by atoms with Gasteiger partial charge in [0, 0.05) is 0 Å². The van der Waals surface area contributed by atoms with Crippen LogP contribution in [0.4, 0.5) is 0 Å². The molecule has 0 radical (unpaired) electrons. The molecule has 0 aromatic carbocycles. The Hall–Kier alpha value is 0.440. The molecule has 0 fully saturated rings. The number of hydrogen-bond donors (Lipinski definition) is 1. The maximum absolute atomic E-state index is 3.00. The Bertz CT molecular complexity index is 9.51. The quantitative estimate of drug-likeness (QED) is 0.297. The van der Waals surface area contributed by atoms with E-state index in [1.807, 2.05) is 0 Å². The first-order valence-electron chi connectivity index (χ1n) is 1.000. The predicted molar refractivity (Wildman–Crippen MR) is 27.5 cm³/mol. The maximum atomic E-state index is 3.00. The molecule has 1 nitrogen and oxygen atoms in total. The Morgan fingerprint density at radius 3 is 0.667 bits per heavy atom. The Kier molecular flexibility index (Phi) is 2960. The fraction of sp³-hybridized carbons (Fsp3) is 0. The molecule has 0 aliphatic rings. The topological polar surface area (TPSA) is 35.0 Å². The Balaban J connectivity index is -0.00000000500. The number of hydrogen-bond acceptors (Lipinski definition) is 1. The molecular formula is C4H11NNa+. The molecular weight excluding hydrogens is 85.0 g/mol. The van der Waals surface area contributed by atoms with E-state index in [2.05, 4.69) is 26.3 Å². The molecule has 0 heterocycles. The van der Waals surface area contributed by atoms with Crippen molar-refractivity contribution in [3.05, 3.63) is 26.3 Å². The summed E-state index contributed by atoms with van der Waals surface area (Å²) in [4.78, 5) is 0. The van der Waals surface area contributed by atoms with Gasteiger partial charge in [0.05, 0.1) is 0 Å². The van der Waals surface area contributed by atoms with Gasteiger partial charge in [-0.3, -0.25) is 0 Å². The second-order valence-electron chi connectivity index (χ2n) is 0. The summed E-state index contributed by atoms with van der Waals surface area (Å²) in [6, 6.07) is 0. The van der Waals surface area contributed by atoms with Crippen molar-refractivity contribution >= 4 is 0 Å². The van der Waals surface area contributed by atoms with E-state index in [1.54, 1.807) is 0 Å². The van der Waals surface area contributed by atoms with Gasteiger partial charge in [0.2, 0.25) is 0 Å². The fourth-order valence-corrected chi connectivity index (χ4v) is 0. The van der Waals surface area contributed by atoms with Gasteiger partial charge in [-0.15, -0.1) is 26.3 Å². The van der Waals surface area contributed by atoms with Gasteiger partial charge in [-0.05, 0) is 0 Å². The van der Waals surface area contributed by atoms with Crippen molar-refractivity contribution in [3.8, 4) is 0 Å². The van der Waals surface area contributed by atoms with Crippen LogP contribution in [0.15, 0.2) is 26.3 Å². The average Bonchev–Trinajstić information content (AvgIpc) is 1.50. The Labute approximate surface area is 62.0 Å². The van der Waals surface area contributed by atoms with E-state index in [9.17, 15) is 0 Å². The van der Waals surface area contributed by atoms with Gasteiger partial charge in [0.1, 0.15) is 0 Å². The summed E-state index contributed by atoms with van der Waals surface area (Å²) < 4.78 is 0. The zero-order valence-corrected chi connectivity index (χ0v) is 6.54. The molecule has 0 saturated carbocycles. The van der Waals surface area contributed by atoms with E-state index in [-0.39, 0.29) is 35.7 Å². The predicted octanol–water partition coefficient (Wildman–Crippen LogP) is -1.23. The molecule has 0 atom stereocenters. The second kappa shape index (κ2) is 554. The van der Waals surface area contributed by atoms with Gasteiger partial charge in [0.15, 0.2) is 0 Å². The smallest absolute Gasteiger partial charge is 0.344 e. The summed E-state index contributed by atoms with van der Waals surface area (Å²) >= 11 is 0. The van der Waals surface area contributed by atoms with E-state index < -0.39 is 0 Å². The largest absolute Gasteiger partial charge is 1.00 e. The molecule has 0 aliphatic heterocycles. The normalized spacial score (nSPS) is 1.33. The first-order chi connectivity index (χ1) is 2.00. The molecule has 0 rings (SSSR count). The summed E-state index contributed by atoms with van der Waals surface area (Å²) in [6.45, 7) is 12.0. The van der Waals surface area contributed by atoms with Crippen molar-refractivity contribution in [2.75, 3.05) is 0 Å². The number of rotatable bonds is 0. The summed E-state index contributed by atoms with van der Waals surface area (Å²) in [5, 5.41) is 0. The van der Waals surface area contributed by atoms with Gasteiger partial charge >= 0.3 is 29.6 Å². The van der Waals surface area contributed by atoms with Crippen molar-refractivity contribution in [2.24, 2.45) is 0 Å². The first kappa shape index (κ1) is 32.0. The molecule has 32 valence electrons. The van der Waals surface area contributed by atoms with Crippen LogP contribution in [-0.4, -0.2) is 0 Å². The van der Waals surface area contributed by atoms with Crippen LogP contribution < -0.4 is 35.7 Å². The maximum Gasteiger partial charge on any atom is 1.00 e. The molecule has 0 unspecified atom stereocenters. The summed E-state index contributed by atoms with van der Waals surface area (Å²) in [5.74, 6) is 0. The molecule has 2 heteroatoms. The van der Waals surface area contributed by atoms with Crippen LogP contribution >= 0.6 is 0 Å². The first-order valence-corrected chi connectivity index (χ1v) is 1.000. The van der Waals surface area contributed by atoms with Gasteiger partial charge in [-0.25, -0.2) is 0 Å². The molecule has 0 aromatic heterocycles. The summed E-state index contributed by atoms with van der Waals surface area (Å²) in [5.41, 5.74) is 0. The third-order valence-corrected chi connectivity index (χ3v) is 0. The minimum absolute atomic E-state index is 0.